The summed E-state index contributed by atoms with van der Waals surface area (Å²) in [5, 5.41) is 12.2. The van der Waals surface area contributed by atoms with Crippen LogP contribution in [-0.4, -0.2) is 74.4 Å². The summed E-state index contributed by atoms with van der Waals surface area (Å²) in [5.74, 6) is 0. The second-order valence-electron chi connectivity index (χ2n) is 4.46. The Bertz CT molecular complexity index is 166. The molecule has 1 aliphatic rings. The van der Waals surface area contributed by atoms with Crippen LogP contribution in [0.2, 0.25) is 0 Å². The van der Waals surface area contributed by atoms with Gasteiger partial charge in [-0.05, 0) is 40.0 Å². The SMILES string of the molecule is CNC(CCO)CN1CCCN(C)CC1. The van der Waals surface area contributed by atoms with E-state index in [1.807, 2.05) is 7.05 Å². The molecule has 0 amide bonds. The fourth-order valence-corrected chi connectivity index (χ4v) is 2.08. The van der Waals surface area contributed by atoms with Crippen LogP contribution in [0, 0.1) is 0 Å². The molecule has 0 bridgehead atoms. The van der Waals surface area contributed by atoms with Crippen molar-refractivity contribution < 1.29 is 5.11 Å². The van der Waals surface area contributed by atoms with Gasteiger partial charge in [-0.2, -0.15) is 0 Å². The molecule has 1 fully saturated rings. The first-order valence-corrected chi connectivity index (χ1v) is 5.95. The number of nitrogens with zero attached hydrogens (tertiary/aromatic N) is 2. The van der Waals surface area contributed by atoms with E-state index in [0.717, 1.165) is 26.1 Å². The van der Waals surface area contributed by atoms with E-state index in [4.69, 9.17) is 5.11 Å². The summed E-state index contributed by atoms with van der Waals surface area (Å²) >= 11 is 0. The number of hydrogen-bond donors (Lipinski definition) is 2. The molecule has 1 unspecified atom stereocenters. The van der Waals surface area contributed by atoms with Crippen LogP contribution in [0.1, 0.15) is 12.8 Å². The van der Waals surface area contributed by atoms with Gasteiger partial charge in [-0.25, -0.2) is 0 Å². The average molecular weight is 215 g/mol. The van der Waals surface area contributed by atoms with Crippen LogP contribution in [-0.2, 0) is 0 Å². The number of aliphatic hydroxyl groups is 1. The molecule has 2 N–H and O–H groups in total. The highest BCUT2D eigenvalue weighted by atomic mass is 16.3. The van der Waals surface area contributed by atoms with Crippen molar-refractivity contribution in [2.75, 3.05) is 53.4 Å². The van der Waals surface area contributed by atoms with Gasteiger partial charge in [-0.15, -0.1) is 0 Å². The van der Waals surface area contributed by atoms with Crippen LogP contribution in [0.25, 0.3) is 0 Å². The fraction of sp³-hybridized carbons (Fsp3) is 1.00. The Kier molecular flexibility index (Phi) is 6.17. The van der Waals surface area contributed by atoms with Gasteiger partial charge in [0.1, 0.15) is 0 Å². The van der Waals surface area contributed by atoms with Gasteiger partial charge in [0.25, 0.3) is 0 Å². The van der Waals surface area contributed by atoms with Crippen molar-refractivity contribution in [2.45, 2.75) is 18.9 Å². The Morgan fingerprint density at radius 1 is 1.27 bits per heavy atom. The number of likely N-dealkylation sites (N-methyl/N-ethyl adjacent to an activating group) is 2. The number of aliphatic hydroxyl groups excluding tert-OH is 1. The molecule has 90 valence electrons. The zero-order valence-electron chi connectivity index (χ0n) is 10.1. The monoisotopic (exact) mass is 215 g/mol. The number of rotatable bonds is 5. The lowest BCUT2D eigenvalue weighted by Gasteiger charge is -2.25. The van der Waals surface area contributed by atoms with E-state index in [1.54, 1.807) is 0 Å². The lowest BCUT2D eigenvalue weighted by Crippen LogP contribution is -2.41. The molecule has 0 spiro atoms. The molecule has 0 saturated carbocycles. The molecule has 1 rings (SSSR count). The summed E-state index contributed by atoms with van der Waals surface area (Å²) in [6, 6.07) is 0.429. The quantitative estimate of drug-likeness (QED) is 0.654. The third-order valence-corrected chi connectivity index (χ3v) is 3.18. The highest BCUT2D eigenvalue weighted by Crippen LogP contribution is 2.03. The van der Waals surface area contributed by atoms with Gasteiger partial charge in [0, 0.05) is 32.3 Å². The molecule has 1 aliphatic heterocycles. The van der Waals surface area contributed by atoms with Crippen molar-refractivity contribution in [1.82, 2.24) is 15.1 Å². The highest BCUT2D eigenvalue weighted by Gasteiger charge is 2.15. The second kappa shape index (κ2) is 7.17. The standard InChI is InChI=1S/C11H25N3O/c1-12-11(4-9-15)10-14-6-3-5-13(2)7-8-14/h11-12,15H,3-10H2,1-2H3. The lowest BCUT2D eigenvalue weighted by molar-refractivity contribution is 0.215. The van der Waals surface area contributed by atoms with E-state index in [2.05, 4.69) is 22.2 Å². The summed E-state index contributed by atoms with van der Waals surface area (Å²) in [5.41, 5.74) is 0. The summed E-state index contributed by atoms with van der Waals surface area (Å²) in [4.78, 5) is 4.89. The molecule has 1 atom stereocenters. The topological polar surface area (TPSA) is 38.7 Å². The maximum Gasteiger partial charge on any atom is 0.0446 e. The summed E-state index contributed by atoms with van der Waals surface area (Å²) in [6.07, 6.45) is 2.11. The van der Waals surface area contributed by atoms with E-state index in [0.29, 0.717) is 6.04 Å². The van der Waals surface area contributed by atoms with Crippen molar-refractivity contribution in [1.29, 1.82) is 0 Å². The lowest BCUT2D eigenvalue weighted by atomic mass is 10.2. The van der Waals surface area contributed by atoms with Gasteiger partial charge < -0.3 is 20.2 Å². The fourth-order valence-electron chi connectivity index (χ4n) is 2.08. The molecule has 0 aromatic carbocycles. The largest absolute Gasteiger partial charge is 0.396 e. The molecule has 4 nitrogen and oxygen atoms in total. The van der Waals surface area contributed by atoms with Gasteiger partial charge >= 0.3 is 0 Å². The molecule has 1 heterocycles. The maximum absolute atomic E-state index is 8.93. The third-order valence-electron chi connectivity index (χ3n) is 3.18. The molecule has 0 aliphatic carbocycles. The summed E-state index contributed by atoms with van der Waals surface area (Å²) < 4.78 is 0. The van der Waals surface area contributed by atoms with Gasteiger partial charge in [0.2, 0.25) is 0 Å². The molecule has 0 radical (unpaired) electrons. The third kappa shape index (κ3) is 4.93. The van der Waals surface area contributed by atoms with E-state index >= 15 is 0 Å². The van der Waals surface area contributed by atoms with E-state index in [-0.39, 0.29) is 6.61 Å². The summed E-state index contributed by atoms with van der Waals surface area (Å²) in [7, 11) is 4.16. The number of nitrogens with one attached hydrogen (secondary N) is 1. The minimum Gasteiger partial charge on any atom is -0.396 e. The second-order valence-corrected chi connectivity index (χ2v) is 4.46. The van der Waals surface area contributed by atoms with Crippen LogP contribution in [0.3, 0.4) is 0 Å². The van der Waals surface area contributed by atoms with E-state index < -0.39 is 0 Å². The Balaban J connectivity index is 2.29. The predicted molar refractivity (Wildman–Crippen MR) is 63.1 cm³/mol. The smallest absolute Gasteiger partial charge is 0.0446 e. The zero-order valence-corrected chi connectivity index (χ0v) is 10.1. The first kappa shape index (κ1) is 12.9. The van der Waals surface area contributed by atoms with Gasteiger partial charge in [-0.3, -0.25) is 0 Å². The van der Waals surface area contributed by atoms with Gasteiger partial charge in [0.15, 0.2) is 0 Å². The van der Waals surface area contributed by atoms with Crippen molar-refractivity contribution in [2.24, 2.45) is 0 Å². The van der Waals surface area contributed by atoms with Gasteiger partial charge in [-0.1, -0.05) is 0 Å². The van der Waals surface area contributed by atoms with Crippen LogP contribution < -0.4 is 5.32 Å². The molecule has 15 heavy (non-hydrogen) atoms. The Morgan fingerprint density at radius 3 is 2.73 bits per heavy atom. The van der Waals surface area contributed by atoms with Crippen molar-refractivity contribution in [3.63, 3.8) is 0 Å². The Labute approximate surface area is 93.2 Å². The van der Waals surface area contributed by atoms with Crippen molar-refractivity contribution >= 4 is 0 Å². The molecular weight excluding hydrogens is 190 g/mol. The maximum atomic E-state index is 8.93. The van der Waals surface area contributed by atoms with Crippen LogP contribution in [0.15, 0.2) is 0 Å². The van der Waals surface area contributed by atoms with Crippen molar-refractivity contribution in [3.8, 4) is 0 Å². The molecular formula is C11H25N3O. The Morgan fingerprint density at radius 2 is 2.07 bits per heavy atom. The highest BCUT2D eigenvalue weighted by molar-refractivity contribution is 4.74. The average Bonchev–Trinajstić information content (AvgIpc) is 2.43. The molecule has 4 heteroatoms. The van der Waals surface area contributed by atoms with E-state index in [9.17, 15) is 0 Å². The number of hydrogen-bond acceptors (Lipinski definition) is 4. The van der Waals surface area contributed by atoms with Crippen LogP contribution in [0.5, 0.6) is 0 Å². The molecule has 1 saturated heterocycles. The van der Waals surface area contributed by atoms with E-state index in [1.165, 1.54) is 19.5 Å². The minimum atomic E-state index is 0.277. The Hall–Kier alpha value is -0.160. The normalized spacial score (nSPS) is 22.6. The first-order valence-electron chi connectivity index (χ1n) is 5.95. The van der Waals surface area contributed by atoms with Crippen LogP contribution >= 0.6 is 0 Å². The minimum absolute atomic E-state index is 0.277. The first-order chi connectivity index (χ1) is 7.26. The summed E-state index contributed by atoms with van der Waals surface area (Å²) in [6.45, 7) is 6.05. The molecule has 0 aromatic heterocycles. The van der Waals surface area contributed by atoms with Gasteiger partial charge in [0.05, 0.1) is 0 Å². The predicted octanol–water partition coefficient (Wildman–Crippen LogP) is -0.406. The van der Waals surface area contributed by atoms with Crippen LogP contribution in [0.4, 0.5) is 0 Å². The zero-order chi connectivity index (χ0) is 11.1. The van der Waals surface area contributed by atoms with Crippen molar-refractivity contribution in [3.05, 3.63) is 0 Å². The molecule has 0 aromatic rings.